The zero-order valence-electron chi connectivity index (χ0n) is 14.1. The van der Waals surface area contributed by atoms with Crippen LogP contribution in [0.3, 0.4) is 0 Å². The molecular weight excluding hydrogens is 402 g/mol. The molecule has 0 fully saturated rings. The first-order valence-corrected chi connectivity index (χ1v) is 8.85. The minimum atomic E-state index is 0.567. The number of aromatic nitrogens is 1. The number of nitrogens with zero attached hydrogens (tertiary/aromatic N) is 3. The maximum atomic E-state index is 6.38. The molecule has 0 atom stereocenters. The predicted molar refractivity (Wildman–Crippen MR) is 107 cm³/mol. The van der Waals surface area contributed by atoms with Crippen molar-refractivity contribution in [3.8, 4) is 22.6 Å². The highest BCUT2D eigenvalue weighted by Gasteiger charge is 2.14. The minimum absolute atomic E-state index is 0.567. The van der Waals surface area contributed by atoms with E-state index in [1.807, 2.05) is 68.4 Å². The molecule has 1 heterocycles. The van der Waals surface area contributed by atoms with Gasteiger partial charge in [0.2, 0.25) is 0 Å². The van der Waals surface area contributed by atoms with E-state index >= 15 is 0 Å². The van der Waals surface area contributed by atoms with Crippen molar-refractivity contribution in [3.05, 3.63) is 57.5 Å². The first-order valence-electron chi connectivity index (χ1n) is 7.68. The van der Waals surface area contributed by atoms with E-state index in [9.17, 15) is 0 Å². The topological polar surface area (TPSA) is 41.6 Å². The normalized spacial score (nSPS) is 11.2. The van der Waals surface area contributed by atoms with E-state index in [1.165, 1.54) is 0 Å². The molecule has 1 aromatic heterocycles. The SMILES string of the molecule is Cc1cc(/N=C\N(C)C)c(Cl)cc1-c1cc(-c2ccccc2Br)no1. The van der Waals surface area contributed by atoms with Gasteiger partial charge in [-0.15, -0.1) is 0 Å². The molecule has 4 nitrogen and oxygen atoms in total. The van der Waals surface area contributed by atoms with Gasteiger partial charge in [-0.1, -0.05) is 50.9 Å². The molecule has 3 aromatic rings. The molecule has 25 heavy (non-hydrogen) atoms. The van der Waals surface area contributed by atoms with Gasteiger partial charge in [0.1, 0.15) is 5.69 Å². The highest BCUT2D eigenvalue weighted by atomic mass is 79.9. The smallest absolute Gasteiger partial charge is 0.167 e. The van der Waals surface area contributed by atoms with Crippen LogP contribution in [0, 0.1) is 6.92 Å². The molecule has 0 unspecified atom stereocenters. The van der Waals surface area contributed by atoms with Crippen molar-refractivity contribution in [1.29, 1.82) is 0 Å². The molecule has 0 saturated heterocycles. The van der Waals surface area contributed by atoms with Crippen LogP contribution in [-0.2, 0) is 0 Å². The van der Waals surface area contributed by atoms with Crippen molar-refractivity contribution in [2.24, 2.45) is 4.99 Å². The second-order valence-corrected chi connectivity index (χ2v) is 7.14. The Bertz CT molecular complexity index is 934. The second-order valence-electron chi connectivity index (χ2n) is 5.88. The van der Waals surface area contributed by atoms with Crippen LogP contribution in [0.1, 0.15) is 5.56 Å². The minimum Gasteiger partial charge on any atom is -0.369 e. The maximum Gasteiger partial charge on any atom is 0.167 e. The summed E-state index contributed by atoms with van der Waals surface area (Å²) in [6, 6.07) is 13.6. The van der Waals surface area contributed by atoms with Gasteiger partial charge >= 0.3 is 0 Å². The van der Waals surface area contributed by atoms with Crippen molar-refractivity contribution >= 4 is 39.6 Å². The van der Waals surface area contributed by atoms with Crippen LogP contribution in [0.25, 0.3) is 22.6 Å². The summed E-state index contributed by atoms with van der Waals surface area (Å²) in [4.78, 5) is 6.24. The Morgan fingerprint density at radius 3 is 2.64 bits per heavy atom. The van der Waals surface area contributed by atoms with Crippen molar-refractivity contribution in [2.75, 3.05) is 14.1 Å². The van der Waals surface area contributed by atoms with Crippen LogP contribution in [0.4, 0.5) is 5.69 Å². The van der Waals surface area contributed by atoms with Crippen LogP contribution in [0.5, 0.6) is 0 Å². The van der Waals surface area contributed by atoms with Gasteiger partial charge in [0.05, 0.1) is 17.0 Å². The molecule has 0 spiro atoms. The van der Waals surface area contributed by atoms with Gasteiger partial charge in [0.15, 0.2) is 5.76 Å². The molecule has 6 heteroatoms. The molecule has 0 radical (unpaired) electrons. The fourth-order valence-corrected chi connectivity index (χ4v) is 3.11. The lowest BCUT2D eigenvalue weighted by Crippen LogP contribution is -2.07. The van der Waals surface area contributed by atoms with Crippen LogP contribution in [0.15, 0.2) is 56.5 Å². The lowest BCUT2D eigenvalue weighted by molar-refractivity contribution is 0.434. The Labute approximate surface area is 160 Å². The zero-order valence-corrected chi connectivity index (χ0v) is 16.5. The highest BCUT2D eigenvalue weighted by molar-refractivity contribution is 9.10. The molecular formula is C19H17BrClN3O. The van der Waals surface area contributed by atoms with E-state index in [0.29, 0.717) is 10.8 Å². The lowest BCUT2D eigenvalue weighted by Gasteiger charge is -2.07. The average molecular weight is 419 g/mol. The molecule has 0 N–H and O–H groups in total. The van der Waals surface area contributed by atoms with Crippen molar-refractivity contribution in [3.63, 3.8) is 0 Å². The van der Waals surface area contributed by atoms with Gasteiger partial charge in [-0.05, 0) is 30.7 Å². The number of aryl methyl sites for hydroxylation is 1. The van der Waals surface area contributed by atoms with Gasteiger partial charge in [-0.2, -0.15) is 0 Å². The Kier molecular flexibility index (Phi) is 5.25. The molecule has 0 bridgehead atoms. The van der Waals surface area contributed by atoms with E-state index in [1.54, 1.807) is 6.34 Å². The number of benzene rings is 2. The van der Waals surface area contributed by atoms with E-state index in [2.05, 4.69) is 26.1 Å². The Morgan fingerprint density at radius 2 is 1.92 bits per heavy atom. The van der Waals surface area contributed by atoms with Crippen molar-refractivity contribution in [2.45, 2.75) is 6.92 Å². The first kappa shape index (κ1) is 17.7. The molecule has 2 aromatic carbocycles. The fourth-order valence-electron chi connectivity index (χ4n) is 2.41. The summed E-state index contributed by atoms with van der Waals surface area (Å²) in [5, 5.41) is 4.76. The molecule has 0 aliphatic rings. The van der Waals surface area contributed by atoms with Crippen LogP contribution in [0.2, 0.25) is 5.02 Å². The largest absolute Gasteiger partial charge is 0.369 e. The Balaban J connectivity index is 1.98. The van der Waals surface area contributed by atoms with Gasteiger partial charge in [-0.25, -0.2) is 4.99 Å². The van der Waals surface area contributed by atoms with Gasteiger partial charge in [0.25, 0.3) is 0 Å². The summed E-state index contributed by atoms with van der Waals surface area (Å²) in [6.45, 7) is 2.00. The summed E-state index contributed by atoms with van der Waals surface area (Å²) in [5.41, 5.74) is 4.40. The third-order valence-electron chi connectivity index (χ3n) is 3.65. The lowest BCUT2D eigenvalue weighted by atomic mass is 10.0. The summed E-state index contributed by atoms with van der Waals surface area (Å²) >= 11 is 9.92. The number of rotatable bonds is 4. The van der Waals surface area contributed by atoms with Crippen LogP contribution < -0.4 is 0 Å². The molecule has 0 amide bonds. The average Bonchev–Trinajstić information content (AvgIpc) is 3.05. The number of halogens is 2. The highest BCUT2D eigenvalue weighted by Crippen LogP contribution is 2.36. The van der Waals surface area contributed by atoms with Crippen LogP contribution in [-0.4, -0.2) is 30.5 Å². The Morgan fingerprint density at radius 1 is 1.16 bits per heavy atom. The summed E-state index contributed by atoms with van der Waals surface area (Å²) in [6.07, 6.45) is 1.72. The number of hydrogen-bond donors (Lipinski definition) is 0. The molecule has 3 rings (SSSR count). The third kappa shape index (κ3) is 3.94. The molecule has 0 saturated carbocycles. The van der Waals surface area contributed by atoms with E-state index in [4.69, 9.17) is 16.1 Å². The van der Waals surface area contributed by atoms with Gasteiger partial charge < -0.3 is 9.42 Å². The van der Waals surface area contributed by atoms with E-state index in [0.717, 1.165) is 32.5 Å². The van der Waals surface area contributed by atoms with Gasteiger partial charge in [0, 0.05) is 35.8 Å². The molecule has 0 aliphatic carbocycles. The van der Waals surface area contributed by atoms with Crippen molar-refractivity contribution < 1.29 is 4.52 Å². The van der Waals surface area contributed by atoms with Gasteiger partial charge in [-0.3, -0.25) is 0 Å². The number of aliphatic imine (C=N–C) groups is 1. The van der Waals surface area contributed by atoms with E-state index in [-0.39, 0.29) is 0 Å². The quantitative estimate of drug-likeness (QED) is 0.388. The van der Waals surface area contributed by atoms with E-state index < -0.39 is 0 Å². The second kappa shape index (κ2) is 7.42. The predicted octanol–water partition coefficient (Wildman–Crippen LogP) is 5.95. The monoisotopic (exact) mass is 417 g/mol. The summed E-state index contributed by atoms with van der Waals surface area (Å²) in [7, 11) is 3.83. The molecule has 0 aliphatic heterocycles. The standard InChI is InChI=1S/C19H17BrClN3O/c1-12-8-18(22-11-24(2)3)16(21)9-14(12)19-10-17(23-25-19)13-6-4-5-7-15(13)20/h4-11H,1-3H3/b22-11-. The fraction of sp³-hybridized carbons (Fsp3) is 0.158. The summed E-state index contributed by atoms with van der Waals surface area (Å²) < 4.78 is 6.53. The first-order chi connectivity index (χ1) is 12.0. The van der Waals surface area contributed by atoms with Crippen LogP contribution >= 0.6 is 27.5 Å². The summed E-state index contributed by atoms with van der Waals surface area (Å²) in [5.74, 6) is 0.674. The number of hydrogen-bond acceptors (Lipinski definition) is 3. The maximum absolute atomic E-state index is 6.38. The van der Waals surface area contributed by atoms with Crippen molar-refractivity contribution in [1.82, 2.24) is 10.1 Å². The zero-order chi connectivity index (χ0) is 18.0. The Hall–Kier alpha value is -2.11. The molecule has 128 valence electrons. The third-order valence-corrected chi connectivity index (χ3v) is 4.64.